The highest BCUT2D eigenvalue weighted by Crippen LogP contribution is 2.31. The molecule has 1 aliphatic rings. The van der Waals surface area contributed by atoms with Crippen LogP contribution in [0.25, 0.3) is 27.7 Å². The third kappa shape index (κ3) is 5.50. The van der Waals surface area contributed by atoms with Crippen LogP contribution in [-0.2, 0) is 4.74 Å². The molecule has 1 fully saturated rings. The monoisotopic (exact) mass is 552 g/mol. The van der Waals surface area contributed by atoms with E-state index in [-0.39, 0.29) is 17.7 Å². The molecule has 0 bridgehead atoms. The van der Waals surface area contributed by atoms with Gasteiger partial charge < -0.3 is 18.9 Å². The van der Waals surface area contributed by atoms with E-state index in [1.165, 1.54) is 0 Å². The summed E-state index contributed by atoms with van der Waals surface area (Å²) in [4.78, 5) is 36.3. The van der Waals surface area contributed by atoms with Gasteiger partial charge in [0.1, 0.15) is 5.75 Å². The number of ether oxygens (including phenoxy) is 2. The van der Waals surface area contributed by atoms with Gasteiger partial charge in [-0.1, -0.05) is 19.4 Å². The zero-order valence-electron chi connectivity index (χ0n) is 23.2. The Morgan fingerprint density at radius 3 is 2.76 bits per heavy atom. The molecule has 6 rings (SSSR count). The predicted octanol–water partition coefficient (Wildman–Crippen LogP) is 5.78. The number of amides is 1. The maximum absolute atomic E-state index is 13.5. The smallest absolute Gasteiger partial charge is 0.409 e. The molecule has 10 heteroatoms. The Balaban J connectivity index is 1.25. The molecule has 1 amide bonds. The third-order valence-corrected chi connectivity index (χ3v) is 7.44. The minimum Gasteiger partial charge on any atom is -0.452 e. The molecular formula is C31H32N6O4. The molecule has 0 atom stereocenters. The average molecular weight is 553 g/mol. The second-order valence-electron chi connectivity index (χ2n) is 10.4. The number of rotatable bonds is 7. The lowest BCUT2D eigenvalue weighted by Gasteiger charge is -2.32. The van der Waals surface area contributed by atoms with E-state index in [2.05, 4.69) is 16.9 Å². The van der Waals surface area contributed by atoms with Crippen molar-refractivity contribution in [1.82, 2.24) is 29.0 Å². The highest BCUT2D eigenvalue weighted by molar-refractivity contribution is 5.86. The molecule has 0 radical (unpaired) electrons. The Hall–Kier alpha value is -4.73. The number of fused-ring (bicyclic) bond motifs is 2. The van der Waals surface area contributed by atoms with Crippen molar-refractivity contribution in [3.05, 3.63) is 83.3 Å². The van der Waals surface area contributed by atoms with Crippen LogP contribution in [0.15, 0.2) is 72.0 Å². The molecule has 0 aliphatic carbocycles. The Kier molecular flexibility index (Phi) is 7.37. The molecule has 0 saturated carbocycles. The van der Waals surface area contributed by atoms with E-state index in [0.29, 0.717) is 60.8 Å². The van der Waals surface area contributed by atoms with Crippen molar-refractivity contribution in [3.63, 3.8) is 0 Å². The average Bonchev–Trinajstić information content (AvgIpc) is 3.38. The van der Waals surface area contributed by atoms with Gasteiger partial charge >= 0.3 is 6.09 Å². The van der Waals surface area contributed by atoms with E-state index in [9.17, 15) is 9.59 Å². The van der Waals surface area contributed by atoms with Gasteiger partial charge in [0.2, 0.25) is 0 Å². The van der Waals surface area contributed by atoms with Gasteiger partial charge in [0.25, 0.3) is 5.56 Å². The lowest BCUT2D eigenvalue weighted by Crippen LogP contribution is -2.41. The molecular weight excluding hydrogens is 520 g/mol. The first-order chi connectivity index (χ1) is 20.0. The van der Waals surface area contributed by atoms with Gasteiger partial charge in [-0.25, -0.2) is 14.3 Å². The van der Waals surface area contributed by atoms with Gasteiger partial charge in [0, 0.05) is 48.5 Å². The first-order valence-corrected chi connectivity index (χ1v) is 14.0. The highest BCUT2D eigenvalue weighted by Gasteiger charge is 2.25. The van der Waals surface area contributed by atoms with E-state index >= 15 is 0 Å². The van der Waals surface area contributed by atoms with Crippen molar-refractivity contribution in [3.8, 4) is 22.8 Å². The van der Waals surface area contributed by atoms with Crippen molar-refractivity contribution in [2.75, 3.05) is 19.7 Å². The summed E-state index contributed by atoms with van der Waals surface area (Å²) in [5.41, 5.74) is 2.95. The zero-order chi connectivity index (χ0) is 28.3. The van der Waals surface area contributed by atoms with Crippen molar-refractivity contribution in [1.29, 1.82) is 0 Å². The van der Waals surface area contributed by atoms with Crippen LogP contribution in [0.2, 0.25) is 0 Å². The number of nitrogens with zero attached hydrogens (tertiary/aromatic N) is 6. The Labute approximate surface area is 237 Å². The Bertz CT molecular complexity index is 1760. The summed E-state index contributed by atoms with van der Waals surface area (Å²) in [5.74, 6) is 1.16. The van der Waals surface area contributed by atoms with Crippen LogP contribution in [0.5, 0.6) is 11.5 Å². The number of likely N-dealkylation sites (tertiary alicyclic amines) is 1. The largest absolute Gasteiger partial charge is 0.452 e. The number of pyridine rings is 2. The van der Waals surface area contributed by atoms with E-state index in [0.717, 1.165) is 29.5 Å². The molecule has 210 valence electrons. The van der Waals surface area contributed by atoms with Crippen molar-refractivity contribution in [2.45, 2.75) is 45.6 Å². The molecule has 5 heterocycles. The topological polar surface area (TPSA) is 104 Å². The van der Waals surface area contributed by atoms with Gasteiger partial charge in [0.15, 0.2) is 11.4 Å². The Morgan fingerprint density at radius 2 is 1.98 bits per heavy atom. The lowest BCUT2D eigenvalue weighted by atomic mass is 10.0. The number of carbonyl (C=O) groups excluding carboxylic acids is 1. The number of hydrogen-bond acceptors (Lipinski definition) is 7. The number of hydrogen-bond donors (Lipinski definition) is 0. The van der Waals surface area contributed by atoms with Gasteiger partial charge in [-0.15, -0.1) is 0 Å². The van der Waals surface area contributed by atoms with E-state index < -0.39 is 0 Å². The minimum absolute atomic E-state index is 0.0343. The van der Waals surface area contributed by atoms with Gasteiger partial charge in [-0.3, -0.25) is 9.78 Å². The quantitative estimate of drug-likeness (QED) is 0.236. The van der Waals surface area contributed by atoms with Gasteiger partial charge in [-0.2, -0.15) is 5.10 Å². The maximum Gasteiger partial charge on any atom is 0.409 e. The van der Waals surface area contributed by atoms with Crippen LogP contribution in [-0.4, -0.2) is 54.8 Å². The fourth-order valence-electron chi connectivity index (χ4n) is 5.25. The number of imidazole rings is 1. The number of carbonyl (C=O) groups is 1. The normalized spacial score (nSPS) is 14.0. The fourth-order valence-corrected chi connectivity index (χ4v) is 5.25. The van der Waals surface area contributed by atoms with Gasteiger partial charge in [-0.05, 0) is 61.9 Å². The molecule has 1 aromatic carbocycles. The van der Waals surface area contributed by atoms with E-state index in [1.807, 2.05) is 61.8 Å². The predicted molar refractivity (Wildman–Crippen MR) is 155 cm³/mol. The summed E-state index contributed by atoms with van der Waals surface area (Å²) in [6, 6.07) is 13.3. The first-order valence-electron chi connectivity index (χ1n) is 14.0. The van der Waals surface area contributed by atoms with Crippen LogP contribution >= 0.6 is 0 Å². The number of unbranched alkanes of at least 4 members (excludes halogenated alkanes) is 1. The second kappa shape index (κ2) is 11.4. The van der Waals surface area contributed by atoms with E-state index in [1.54, 1.807) is 26.4 Å². The molecule has 0 unspecified atom stereocenters. The molecule has 10 nitrogen and oxygen atoms in total. The number of aromatic nitrogens is 5. The summed E-state index contributed by atoms with van der Waals surface area (Å²) >= 11 is 0. The Morgan fingerprint density at radius 1 is 1.12 bits per heavy atom. The summed E-state index contributed by atoms with van der Waals surface area (Å²) in [6.45, 7) is 5.57. The summed E-state index contributed by atoms with van der Waals surface area (Å²) in [5, 5.41) is 6.24. The van der Waals surface area contributed by atoms with Crippen LogP contribution in [0, 0.1) is 6.92 Å². The maximum atomic E-state index is 13.5. The lowest BCUT2D eigenvalue weighted by molar-refractivity contribution is 0.0873. The molecule has 5 aromatic rings. The third-order valence-electron chi connectivity index (χ3n) is 7.44. The van der Waals surface area contributed by atoms with Gasteiger partial charge in [0.05, 0.1) is 30.4 Å². The van der Waals surface area contributed by atoms with Crippen LogP contribution in [0.1, 0.15) is 44.3 Å². The molecule has 4 aromatic heterocycles. The van der Waals surface area contributed by atoms with Crippen LogP contribution in [0.4, 0.5) is 4.79 Å². The van der Waals surface area contributed by atoms with Crippen molar-refractivity contribution >= 4 is 22.5 Å². The first kappa shape index (κ1) is 26.5. The summed E-state index contributed by atoms with van der Waals surface area (Å²) < 4.78 is 15.0. The van der Waals surface area contributed by atoms with Crippen LogP contribution < -0.4 is 10.3 Å². The molecule has 0 N–H and O–H groups in total. The summed E-state index contributed by atoms with van der Waals surface area (Å²) in [6.07, 6.45) is 10.1. The summed E-state index contributed by atoms with van der Waals surface area (Å²) in [7, 11) is 0. The molecule has 1 aliphatic heterocycles. The van der Waals surface area contributed by atoms with Crippen molar-refractivity contribution < 1.29 is 14.3 Å². The fraction of sp³-hybridized carbons (Fsp3) is 0.323. The molecule has 41 heavy (non-hydrogen) atoms. The standard InChI is InChI=1S/C31H32N6O4/c1-3-4-16-40-31(39)35-13-10-24(11-14-35)36-15-9-22-17-23(7-8-26(22)30(36)38)27-18-28(41-25-6-5-12-32-19-25)29-33-21(2)20-37(29)34-27/h5-9,12,15,17-20,24H,3-4,10-11,13-14,16H2,1-2H3. The minimum atomic E-state index is -0.262. The van der Waals surface area contributed by atoms with Crippen molar-refractivity contribution in [2.24, 2.45) is 0 Å². The number of benzene rings is 1. The zero-order valence-corrected chi connectivity index (χ0v) is 23.2. The number of aryl methyl sites for hydroxylation is 1. The molecule has 0 spiro atoms. The number of piperidine rings is 1. The SMILES string of the molecule is CCCCOC(=O)N1CCC(n2ccc3cc(-c4cc(Oc5cccnc5)c5nc(C)cn5n4)ccc3c2=O)CC1. The van der Waals surface area contributed by atoms with Crippen LogP contribution in [0.3, 0.4) is 0 Å². The highest BCUT2D eigenvalue weighted by atomic mass is 16.6. The molecule has 1 saturated heterocycles. The second-order valence-corrected chi connectivity index (χ2v) is 10.4. The van der Waals surface area contributed by atoms with E-state index in [4.69, 9.17) is 14.6 Å².